The van der Waals surface area contributed by atoms with Crippen molar-refractivity contribution in [2.75, 3.05) is 32.4 Å². The number of rotatable bonds is 4. The van der Waals surface area contributed by atoms with Crippen molar-refractivity contribution in [2.45, 2.75) is 25.8 Å². The van der Waals surface area contributed by atoms with Crippen LogP contribution in [-0.4, -0.2) is 67.0 Å². The van der Waals surface area contributed by atoms with Gasteiger partial charge in [-0.05, 0) is 22.8 Å². The van der Waals surface area contributed by atoms with Gasteiger partial charge in [0, 0.05) is 66.5 Å². The van der Waals surface area contributed by atoms with E-state index in [1.807, 2.05) is 30.3 Å². The van der Waals surface area contributed by atoms with Gasteiger partial charge < -0.3 is 10.4 Å². The van der Waals surface area contributed by atoms with Gasteiger partial charge in [0.2, 0.25) is 10.0 Å². The predicted molar refractivity (Wildman–Crippen MR) is 130 cm³/mol. The number of hydrogen-bond acceptors (Lipinski definition) is 5. The zero-order valence-corrected chi connectivity index (χ0v) is 19.9. The van der Waals surface area contributed by atoms with Crippen molar-refractivity contribution in [3.8, 4) is 0 Å². The van der Waals surface area contributed by atoms with E-state index in [0.29, 0.717) is 26.2 Å². The molecule has 1 aliphatic carbocycles. The fourth-order valence-corrected chi connectivity index (χ4v) is 5.99. The number of benzene rings is 2. The number of piperazine rings is 1. The van der Waals surface area contributed by atoms with Crippen molar-refractivity contribution in [3.05, 3.63) is 69.9 Å². The minimum absolute atomic E-state index is 0.0292. The third kappa shape index (κ3) is 3.62. The number of sulfonamides is 1. The van der Waals surface area contributed by atoms with Crippen molar-refractivity contribution < 1.29 is 13.2 Å². The van der Waals surface area contributed by atoms with Crippen LogP contribution in [0, 0.1) is 5.41 Å². The number of hydrogen-bond donors (Lipinski definition) is 2. The number of aromatic amines is 1. The Labute approximate surface area is 194 Å². The molecule has 0 radical (unpaired) electrons. The molecule has 0 amide bonds. The summed E-state index contributed by atoms with van der Waals surface area (Å²) in [5.41, 5.74) is 5.78. The molecule has 7 nitrogen and oxygen atoms in total. The Morgan fingerprint density at radius 1 is 1.09 bits per heavy atom. The normalized spacial score (nSPS) is 18.8. The first kappa shape index (κ1) is 22.0. The van der Waals surface area contributed by atoms with E-state index in [1.54, 1.807) is 0 Å². The molecule has 0 bridgehead atoms. The van der Waals surface area contributed by atoms with Crippen molar-refractivity contribution in [2.24, 2.45) is 0 Å². The van der Waals surface area contributed by atoms with Gasteiger partial charge >= 0.3 is 0 Å². The highest BCUT2D eigenvalue weighted by atomic mass is 32.2. The van der Waals surface area contributed by atoms with Gasteiger partial charge in [0.25, 0.3) is 0 Å². The molecule has 2 aromatic carbocycles. The number of carbonyl (C=O) groups is 1. The first-order valence-corrected chi connectivity index (χ1v) is 13.0. The molecule has 0 spiro atoms. The van der Waals surface area contributed by atoms with Gasteiger partial charge in [0.05, 0.1) is 11.8 Å². The highest BCUT2D eigenvalue weighted by molar-refractivity contribution is 7.88. The van der Waals surface area contributed by atoms with Gasteiger partial charge in [0.15, 0.2) is 5.78 Å². The Morgan fingerprint density at radius 2 is 1.82 bits per heavy atom. The van der Waals surface area contributed by atoms with E-state index in [0.717, 1.165) is 51.0 Å². The monoisotopic (exact) mass is 464 g/mol. The van der Waals surface area contributed by atoms with Crippen LogP contribution < -0.4 is 0 Å². The summed E-state index contributed by atoms with van der Waals surface area (Å²) in [4.78, 5) is 19.3. The highest BCUT2D eigenvalue weighted by Gasteiger charge is 2.39. The number of ketones is 1. The lowest BCUT2D eigenvalue weighted by atomic mass is 9.71. The quantitative estimate of drug-likeness (QED) is 0.580. The minimum atomic E-state index is -3.15. The second kappa shape index (κ2) is 7.62. The fourth-order valence-electron chi connectivity index (χ4n) is 5.16. The standard InChI is InChI=1S/C25H28N4O3S/c1-25(2)20-12-17(15-28-8-10-29(11-9-28)33(3,31)32)5-6-18(20)23(30)22-19-7-4-16(14-26)13-21(19)27-24(22)25/h4-7,12-14,26-27H,8-11,15H2,1-3H3. The van der Waals surface area contributed by atoms with Gasteiger partial charge in [-0.2, -0.15) is 4.31 Å². The van der Waals surface area contributed by atoms with E-state index < -0.39 is 10.0 Å². The van der Waals surface area contributed by atoms with Crippen molar-refractivity contribution >= 4 is 32.9 Å². The largest absolute Gasteiger partial charge is 0.357 e. The summed E-state index contributed by atoms with van der Waals surface area (Å²) >= 11 is 0. The summed E-state index contributed by atoms with van der Waals surface area (Å²) in [7, 11) is -3.15. The Hall–Kier alpha value is -2.81. The van der Waals surface area contributed by atoms with Crippen LogP contribution in [0.2, 0.25) is 0 Å². The maximum atomic E-state index is 13.5. The molecule has 1 fully saturated rings. The van der Waals surface area contributed by atoms with Crippen LogP contribution in [0.25, 0.3) is 10.9 Å². The molecular weight excluding hydrogens is 436 g/mol. The van der Waals surface area contributed by atoms with E-state index in [-0.39, 0.29) is 11.2 Å². The number of nitrogens with one attached hydrogen (secondary N) is 2. The molecule has 2 aliphatic rings. The molecule has 172 valence electrons. The molecule has 33 heavy (non-hydrogen) atoms. The number of H-pyrrole nitrogens is 1. The fraction of sp³-hybridized carbons (Fsp3) is 0.360. The molecule has 1 saturated heterocycles. The number of nitrogens with zero attached hydrogens (tertiary/aromatic N) is 2. The van der Waals surface area contributed by atoms with Crippen LogP contribution >= 0.6 is 0 Å². The van der Waals surface area contributed by atoms with Crippen LogP contribution in [0.15, 0.2) is 36.4 Å². The van der Waals surface area contributed by atoms with E-state index in [9.17, 15) is 13.2 Å². The van der Waals surface area contributed by atoms with Gasteiger partial charge in [0.1, 0.15) is 0 Å². The van der Waals surface area contributed by atoms with Gasteiger partial charge in [-0.3, -0.25) is 9.69 Å². The summed E-state index contributed by atoms with van der Waals surface area (Å²) in [6.07, 6.45) is 2.57. The average Bonchev–Trinajstić information content (AvgIpc) is 3.17. The second-order valence-electron chi connectivity index (χ2n) is 9.60. The van der Waals surface area contributed by atoms with E-state index in [2.05, 4.69) is 29.8 Å². The maximum Gasteiger partial charge on any atom is 0.211 e. The van der Waals surface area contributed by atoms with Gasteiger partial charge in [-0.1, -0.05) is 44.2 Å². The molecule has 5 rings (SSSR count). The molecular formula is C25H28N4O3S. The summed E-state index contributed by atoms with van der Waals surface area (Å²) in [5, 5.41) is 8.43. The molecule has 0 atom stereocenters. The van der Waals surface area contributed by atoms with Crippen LogP contribution in [-0.2, 0) is 22.0 Å². The third-order valence-corrected chi connectivity index (χ3v) is 8.35. The first-order chi connectivity index (χ1) is 15.6. The third-order valence-electron chi connectivity index (χ3n) is 7.05. The number of aromatic nitrogens is 1. The van der Waals surface area contributed by atoms with Crippen LogP contribution in [0.1, 0.15) is 52.2 Å². The lowest BCUT2D eigenvalue weighted by Crippen LogP contribution is -2.47. The maximum absolute atomic E-state index is 13.5. The Bertz CT molecular complexity index is 1400. The van der Waals surface area contributed by atoms with Crippen molar-refractivity contribution in [1.29, 1.82) is 5.41 Å². The molecule has 2 N–H and O–H groups in total. The summed E-state index contributed by atoms with van der Waals surface area (Å²) in [5.74, 6) is 0.0292. The first-order valence-electron chi connectivity index (χ1n) is 11.1. The highest BCUT2D eigenvalue weighted by Crippen LogP contribution is 2.44. The number of fused-ring (bicyclic) bond motifs is 4. The average molecular weight is 465 g/mol. The zero-order chi connectivity index (χ0) is 23.5. The lowest BCUT2D eigenvalue weighted by Gasteiger charge is -2.35. The summed E-state index contributed by atoms with van der Waals surface area (Å²) < 4.78 is 25.1. The zero-order valence-electron chi connectivity index (χ0n) is 19.1. The smallest absolute Gasteiger partial charge is 0.211 e. The van der Waals surface area contributed by atoms with E-state index in [4.69, 9.17) is 5.41 Å². The van der Waals surface area contributed by atoms with Gasteiger partial charge in [-0.15, -0.1) is 0 Å². The summed E-state index contributed by atoms with van der Waals surface area (Å²) in [6.45, 7) is 7.38. The molecule has 2 heterocycles. The van der Waals surface area contributed by atoms with E-state index >= 15 is 0 Å². The van der Waals surface area contributed by atoms with Crippen LogP contribution in [0.4, 0.5) is 0 Å². The lowest BCUT2D eigenvalue weighted by molar-refractivity contribution is 0.103. The Balaban J connectivity index is 1.47. The Kier molecular flexibility index (Phi) is 5.08. The van der Waals surface area contributed by atoms with Crippen LogP contribution in [0.3, 0.4) is 0 Å². The van der Waals surface area contributed by atoms with Gasteiger partial charge in [-0.25, -0.2) is 8.42 Å². The topological polar surface area (TPSA) is 97.3 Å². The second-order valence-corrected chi connectivity index (χ2v) is 11.6. The van der Waals surface area contributed by atoms with Crippen molar-refractivity contribution in [1.82, 2.24) is 14.2 Å². The Morgan fingerprint density at radius 3 is 2.48 bits per heavy atom. The molecule has 8 heteroatoms. The molecule has 0 saturated carbocycles. The summed E-state index contributed by atoms with van der Waals surface area (Å²) in [6, 6.07) is 11.8. The van der Waals surface area contributed by atoms with E-state index in [1.165, 1.54) is 16.8 Å². The minimum Gasteiger partial charge on any atom is -0.357 e. The SMILES string of the molecule is CC1(C)c2cc(CN3CCN(S(C)(=O)=O)CC3)ccc2C(=O)c2c1[nH]c1cc(C=N)ccc21. The molecule has 1 aromatic heterocycles. The van der Waals surface area contributed by atoms with Crippen molar-refractivity contribution in [3.63, 3.8) is 0 Å². The molecule has 3 aromatic rings. The molecule has 0 unspecified atom stereocenters. The molecule has 1 aliphatic heterocycles. The number of carbonyl (C=O) groups excluding carboxylic acids is 1. The van der Waals surface area contributed by atoms with Crippen LogP contribution in [0.5, 0.6) is 0 Å². The predicted octanol–water partition coefficient (Wildman–Crippen LogP) is 3.11.